The summed E-state index contributed by atoms with van der Waals surface area (Å²) >= 11 is 0. The van der Waals surface area contributed by atoms with Crippen molar-refractivity contribution in [2.24, 2.45) is 0 Å². The Morgan fingerprint density at radius 1 is 1.09 bits per heavy atom. The number of aromatic nitrogens is 2. The average molecular weight is 300 g/mol. The minimum atomic E-state index is -2.75. The molecule has 1 aliphatic rings. The van der Waals surface area contributed by atoms with Crippen molar-refractivity contribution >= 4 is 22.4 Å². The fourth-order valence-electron chi connectivity index (χ4n) is 2.50. The van der Waals surface area contributed by atoms with Crippen molar-refractivity contribution in [2.45, 2.75) is 6.43 Å². The number of nitrogens with zero attached hydrogens (tertiary/aromatic N) is 2. The molecule has 0 N–H and O–H groups in total. The molecule has 0 aliphatic carbocycles. The summed E-state index contributed by atoms with van der Waals surface area (Å²) in [7, 11) is 0. The molecule has 4 nitrogen and oxygen atoms in total. The average Bonchev–Trinajstić information content (AvgIpc) is 3.04. The van der Waals surface area contributed by atoms with Gasteiger partial charge in [0.15, 0.2) is 0 Å². The lowest BCUT2D eigenvalue weighted by Gasteiger charge is -2.17. The highest BCUT2D eigenvalue weighted by atomic mass is 19.3. The van der Waals surface area contributed by atoms with Gasteiger partial charge in [-0.2, -0.15) is 4.98 Å². The van der Waals surface area contributed by atoms with Gasteiger partial charge in [-0.1, -0.05) is 35.5 Å². The Kier molecular flexibility index (Phi) is 2.89. The van der Waals surface area contributed by atoms with Crippen LogP contribution in [-0.2, 0) is 0 Å². The second kappa shape index (κ2) is 4.91. The van der Waals surface area contributed by atoms with Gasteiger partial charge in [0.05, 0.1) is 5.57 Å². The van der Waals surface area contributed by atoms with E-state index < -0.39 is 12.2 Å². The first-order chi connectivity index (χ1) is 10.7. The SMILES string of the molecule is FC(F)c1noc(C2=Cc3c(ccc4ccccc34)OC2)n1. The number of fused-ring (bicyclic) bond motifs is 3. The summed E-state index contributed by atoms with van der Waals surface area (Å²) in [6.45, 7) is 0.205. The van der Waals surface area contributed by atoms with Crippen LogP contribution < -0.4 is 4.74 Å². The van der Waals surface area contributed by atoms with Crippen LogP contribution in [0.25, 0.3) is 22.4 Å². The van der Waals surface area contributed by atoms with E-state index in [0.29, 0.717) is 5.57 Å². The Balaban J connectivity index is 1.84. The van der Waals surface area contributed by atoms with Gasteiger partial charge in [0, 0.05) is 5.56 Å². The molecule has 4 rings (SSSR count). The number of alkyl halides is 2. The van der Waals surface area contributed by atoms with Crippen molar-refractivity contribution in [1.29, 1.82) is 0 Å². The molecule has 1 aliphatic heterocycles. The van der Waals surface area contributed by atoms with Crippen LogP contribution in [0.5, 0.6) is 5.75 Å². The van der Waals surface area contributed by atoms with E-state index in [4.69, 9.17) is 9.26 Å². The summed E-state index contributed by atoms with van der Waals surface area (Å²) in [5.74, 6) is 0.199. The van der Waals surface area contributed by atoms with Crippen LogP contribution >= 0.6 is 0 Å². The van der Waals surface area contributed by atoms with Crippen LogP contribution in [0.2, 0.25) is 0 Å². The lowest BCUT2D eigenvalue weighted by atomic mass is 10.00. The molecule has 22 heavy (non-hydrogen) atoms. The van der Waals surface area contributed by atoms with E-state index in [1.54, 1.807) is 0 Å². The first kappa shape index (κ1) is 12.9. The molecule has 0 saturated carbocycles. The van der Waals surface area contributed by atoms with E-state index in [2.05, 4.69) is 10.1 Å². The normalized spacial score (nSPS) is 13.9. The van der Waals surface area contributed by atoms with Gasteiger partial charge in [-0.15, -0.1) is 0 Å². The van der Waals surface area contributed by atoms with Crippen LogP contribution in [-0.4, -0.2) is 16.7 Å². The molecule has 1 aromatic heterocycles. The standard InChI is InChI=1S/C16H10F2N2O2/c17-14(18)15-19-16(22-20-15)10-7-12-11-4-2-1-3-9(11)5-6-13(12)21-8-10/h1-7,14H,8H2. The van der Waals surface area contributed by atoms with Crippen LogP contribution in [0.3, 0.4) is 0 Å². The fraction of sp³-hybridized carbons (Fsp3) is 0.125. The summed E-state index contributed by atoms with van der Waals surface area (Å²) in [5, 5.41) is 5.37. The summed E-state index contributed by atoms with van der Waals surface area (Å²) in [4.78, 5) is 3.71. The molecule has 0 atom stereocenters. The molecule has 6 heteroatoms. The molecule has 0 spiro atoms. The van der Waals surface area contributed by atoms with Crippen LogP contribution in [0.15, 0.2) is 40.9 Å². The smallest absolute Gasteiger partial charge is 0.300 e. The second-order valence-corrected chi connectivity index (χ2v) is 4.92. The maximum Gasteiger partial charge on any atom is 0.300 e. The largest absolute Gasteiger partial charge is 0.488 e. The third kappa shape index (κ3) is 2.04. The Morgan fingerprint density at radius 3 is 2.77 bits per heavy atom. The highest BCUT2D eigenvalue weighted by Gasteiger charge is 2.22. The van der Waals surface area contributed by atoms with E-state index in [0.717, 1.165) is 22.1 Å². The van der Waals surface area contributed by atoms with E-state index in [1.165, 1.54) is 0 Å². The van der Waals surface area contributed by atoms with Crippen molar-refractivity contribution in [2.75, 3.05) is 6.61 Å². The molecule has 0 bridgehead atoms. The molecule has 2 aromatic carbocycles. The molecule has 110 valence electrons. The van der Waals surface area contributed by atoms with Crippen molar-refractivity contribution in [3.05, 3.63) is 53.7 Å². The zero-order valence-corrected chi connectivity index (χ0v) is 11.3. The van der Waals surface area contributed by atoms with Crippen LogP contribution in [0, 0.1) is 0 Å². The minimum Gasteiger partial charge on any atom is -0.488 e. The number of hydrogen-bond acceptors (Lipinski definition) is 4. The molecular weight excluding hydrogens is 290 g/mol. The number of halogens is 2. The van der Waals surface area contributed by atoms with Gasteiger partial charge in [-0.05, 0) is 22.9 Å². The quantitative estimate of drug-likeness (QED) is 0.715. The van der Waals surface area contributed by atoms with E-state index in [1.807, 2.05) is 42.5 Å². The highest BCUT2D eigenvalue weighted by molar-refractivity contribution is 5.98. The van der Waals surface area contributed by atoms with Crippen LogP contribution in [0.4, 0.5) is 8.78 Å². The maximum atomic E-state index is 12.6. The Bertz CT molecular complexity index is 887. The van der Waals surface area contributed by atoms with Crippen molar-refractivity contribution in [1.82, 2.24) is 10.1 Å². The molecule has 0 saturated heterocycles. The lowest BCUT2D eigenvalue weighted by Crippen LogP contribution is -2.07. The first-order valence-corrected chi connectivity index (χ1v) is 6.69. The zero-order chi connectivity index (χ0) is 15.1. The third-order valence-corrected chi connectivity index (χ3v) is 3.54. The Hall–Kier alpha value is -2.76. The maximum absolute atomic E-state index is 12.6. The number of benzene rings is 2. The monoisotopic (exact) mass is 300 g/mol. The van der Waals surface area contributed by atoms with Crippen molar-refractivity contribution < 1.29 is 18.0 Å². The van der Waals surface area contributed by atoms with Gasteiger partial charge >= 0.3 is 6.43 Å². The van der Waals surface area contributed by atoms with Gasteiger partial charge in [0.2, 0.25) is 5.82 Å². The van der Waals surface area contributed by atoms with E-state index in [9.17, 15) is 8.78 Å². The van der Waals surface area contributed by atoms with Gasteiger partial charge < -0.3 is 9.26 Å². The molecule has 3 aromatic rings. The predicted octanol–water partition coefficient (Wildman–Crippen LogP) is 4.09. The van der Waals surface area contributed by atoms with Gasteiger partial charge in [-0.3, -0.25) is 0 Å². The fourth-order valence-corrected chi connectivity index (χ4v) is 2.50. The molecule has 0 amide bonds. The van der Waals surface area contributed by atoms with Gasteiger partial charge in [0.25, 0.3) is 5.89 Å². The van der Waals surface area contributed by atoms with Crippen molar-refractivity contribution in [3.63, 3.8) is 0 Å². The first-order valence-electron chi connectivity index (χ1n) is 6.69. The summed E-state index contributed by atoms with van der Waals surface area (Å²) in [6.07, 6.45) is -0.903. The number of rotatable bonds is 2. The van der Waals surface area contributed by atoms with Crippen molar-refractivity contribution in [3.8, 4) is 5.75 Å². The van der Waals surface area contributed by atoms with E-state index >= 15 is 0 Å². The molecule has 0 unspecified atom stereocenters. The molecule has 0 fully saturated rings. The lowest BCUT2D eigenvalue weighted by molar-refractivity contribution is 0.136. The van der Waals surface area contributed by atoms with Gasteiger partial charge in [-0.25, -0.2) is 8.78 Å². The summed E-state index contributed by atoms with van der Waals surface area (Å²) in [6, 6.07) is 11.7. The minimum absolute atomic E-state index is 0.0638. The zero-order valence-electron chi connectivity index (χ0n) is 11.3. The van der Waals surface area contributed by atoms with E-state index in [-0.39, 0.29) is 12.5 Å². The molecule has 2 heterocycles. The number of hydrogen-bond donors (Lipinski definition) is 0. The van der Waals surface area contributed by atoms with Crippen LogP contribution in [0.1, 0.15) is 23.7 Å². The molecular formula is C16H10F2N2O2. The Morgan fingerprint density at radius 2 is 1.95 bits per heavy atom. The summed E-state index contributed by atoms with van der Waals surface area (Å²) in [5.41, 5.74) is 1.47. The highest BCUT2D eigenvalue weighted by Crippen LogP contribution is 2.35. The summed E-state index contributed by atoms with van der Waals surface area (Å²) < 4.78 is 35.7. The number of ether oxygens (including phenoxy) is 1. The topological polar surface area (TPSA) is 48.2 Å². The Labute approximate surface area is 124 Å². The third-order valence-electron chi connectivity index (χ3n) is 3.54. The van der Waals surface area contributed by atoms with Gasteiger partial charge in [0.1, 0.15) is 12.4 Å². The predicted molar refractivity (Wildman–Crippen MR) is 76.6 cm³/mol. The second-order valence-electron chi connectivity index (χ2n) is 4.92. The molecule has 0 radical (unpaired) electrons.